The fraction of sp³-hybridized carbons (Fsp3) is 0.250. The summed E-state index contributed by atoms with van der Waals surface area (Å²) >= 11 is 5.61. The van der Waals surface area contributed by atoms with Crippen molar-refractivity contribution >= 4 is 11.6 Å². The van der Waals surface area contributed by atoms with Crippen molar-refractivity contribution in [3.05, 3.63) is 52.1 Å². The minimum absolute atomic E-state index is 0.152. The Kier molecular flexibility index (Phi) is 3.76. The molecule has 0 spiro atoms. The first-order valence-electron chi connectivity index (χ1n) is 5.30. The van der Waals surface area contributed by atoms with Crippen LogP contribution in [0.15, 0.2) is 24.4 Å². The zero-order valence-electron chi connectivity index (χ0n) is 9.43. The lowest BCUT2D eigenvalue weighted by Crippen LogP contribution is -2.13. The van der Waals surface area contributed by atoms with E-state index in [2.05, 4.69) is 15.5 Å². The first kappa shape index (κ1) is 12.1. The van der Waals surface area contributed by atoms with Gasteiger partial charge in [0.2, 0.25) is 0 Å². The van der Waals surface area contributed by atoms with Crippen molar-refractivity contribution in [3.8, 4) is 0 Å². The molecule has 90 valence electrons. The molecule has 0 saturated carbocycles. The highest BCUT2D eigenvalue weighted by atomic mass is 35.5. The van der Waals surface area contributed by atoms with Crippen LogP contribution in [0.2, 0.25) is 5.02 Å². The molecule has 0 atom stereocenters. The third-order valence-corrected chi connectivity index (χ3v) is 2.87. The van der Waals surface area contributed by atoms with Gasteiger partial charge < -0.3 is 5.32 Å². The maximum atomic E-state index is 13.2. The topological polar surface area (TPSA) is 40.7 Å². The molecule has 2 rings (SSSR count). The molecule has 2 N–H and O–H groups in total. The van der Waals surface area contributed by atoms with Gasteiger partial charge in [0.15, 0.2) is 0 Å². The number of aryl methyl sites for hydroxylation is 1. The van der Waals surface area contributed by atoms with Crippen LogP contribution in [-0.4, -0.2) is 10.2 Å². The molecule has 1 aromatic carbocycles. The van der Waals surface area contributed by atoms with Gasteiger partial charge in [-0.05, 0) is 24.6 Å². The van der Waals surface area contributed by atoms with E-state index in [1.54, 1.807) is 18.3 Å². The van der Waals surface area contributed by atoms with Gasteiger partial charge in [0.05, 0.1) is 11.2 Å². The van der Waals surface area contributed by atoms with Crippen LogP contribution in [0.5, 0.6) is 0 Å². The predicted molar refractivity (Wildman–Crippen MR) is 65.3 cm³/mol. The van der Waals surface area contributed by atoms with Gasteiger partial charge in [0.1, 0.15) is 5.82 Å². The fourth-order valence-corrected chi connectivity index (χ4v) is 1.66. The van der Waals surface area contributed by atoms with Crippen molar-refractivity contribution in [2.75, 3.05) is 0 Å². The summed E-state index contributed by atoms with van der Waals surface area (Å²) in [7, 11) is 0. The lowest BCUT2D eigenvalue weighted by Gasteiger charge is -2.05. The largest absolute Gasteiger partial charge is 0.308 e. The molecule has 0 aliphatic heterocycles. The Morgan fingerprint density at radius 3 is 2.88 bits per heavy atom. The molecule has 0 saturated heterocycles. The Labute approximate surface area is 104 Å². The van der Waals surface area contributed by atoms with Gasteiger partial charge in [-0.3, -0.25) is 5.10 Å². The molecule has 0 radical (unpaired) electrons. The summed E-state index contributed by atoms with van der Waals surface area (Å²) in [5.74, 6) is -0.384. The van der Waals surface area contributed by atoms with Crippen molar-refractivity contribution in [2.45, 2.75) is 20.0 Å². The smallest absolute Gasteiger partial charge is 0.142 e. The summed E-state index contributed by atoms with van der Waals surface area (Å²) in [4.78, 5) is 0. The number of benzene rings is 1. The molecule has 0 amide bonds. The number of aromatic nitrogens is 2. The standard InChI is InChI=1S/C12H13ClFN3/c1-8-10(7-16-17-8)6-15-5-9-2-3-11(13)12(14)4-9/h2-4,7,15H,5-6H2,1H3,(H,16,17). The molecule has 0 aliphatic rings. The first-order chi connectivity index (χ1) is 8.16. The van der Waals surface area contributed by atoms with Gasteiger partial charge in [-0.2, -0.15) is 5.10 Å². The fourth-order valence-electron chi connectivity index (χ4n) is 1.54. The average molecular weight is 254 g/mol. The van der Waals surface area contributed by atoms with Crippen LogP contribution in [-0.2, 0) is 13.1 Å². The van der Waals surface area contributed by atoms with E-state index in [9.17, 15) is 4.39 Å². The highest BCUT2D eigenvalue weighted by Crippen LogP contribution is 2.15. The van der Waals surface area contributed by atoms with Crippen LogP contribution in [0.4, 0.5) is 4.39 Å². The molecule has 17 heavy (non-hydrogen) atoms. The van der Waals surface area contributed by atoms with Gasteiger partial charge in [0, 0.05) is 24.3 Å². The van der Waals surface area contributed by atoms with Gasteiger partial charge in [-0.25, -0.2) is 4.39 Å². The quantitative estimate of drug-likeness (QED) is 0.880. The summed E-state index contributed by atoms with van der Waals surface area (Å²) in [5.41, 5.74) is 3.02. The summed E-state index contributed by atoms with van der Waals surface area (Å²) in [6.07, 6.45) is 1.78. The number of rotatable bonds is 4. The van der Waals surface area contributed by atoms with E-state index in [1.807, 2.05) is 6.92 Å². The molecule has 1 heterocycles. The summed E-state index contributed by atoms with van der Waals surface area (Å²) in [6.45, 7) is 3.26. The van der Waals surface area contributed by atoms with Gasteiger partial charge in [0.25, 0.3) is 0 Å². The monoisotopic (exact) mass is 253 g/mol. The highest BCUT2D eigenvalue weighted by Gasteiger charge is 2.02. The lowest BCUT2D eigenvalue weighted by molar-refractivity contribution is 0.620. The van der Waals surface area contributed by atoms with Gasteiger partial charge in [-0.1, -0.05) is 17.7 Å². The van der Waals surface area contributed by atoms with Crippen molar-refractivity contribution in [2.24, 2.45) is 0 Å². The Hall–Kier alpha value is -1.39. The summed E-state index contributed by atoms with van der Waals surface area (Å²) in [5, 5.41) is 10.2. The molecule has 0 bridgehead atoms. The van der Waals surface area contributed by atoms with E-state index in [-0.39, 0.29) is 10.8 Å². The molecule has 0 aliphatic carbocycles. The second-order valence-electron chi connectivity index (χ2n) is 3.87. The molecule has 0 unspecified atom stereocenters. The van der Waals surface area contributed by atoms with Crippen LogP contribution in [0.25, 0.3) is 0 Å². The molecule has 2 aromatic rings. The number of hydrogen-bond acceptors (Lipinski definition) is 2. The van der Waals surface area contributed by atoms with E-state index in [0.29, 0.717) is 13.1 Å². The van der Waals surface area contributed by atoms with Crippen LogP contribution in [0.1, 0.15) is 16.8 Å². The minimum Gasteiger partial charge on any atom is -0.308 e. The second kappa shape index (κ2) is 5.29. The van der Waals surface area contributed by atoms with Crippen LogP contribution in [0.3, 0.4) is 0 Å². The third-order valence-electron chi connectivity index (χ3n) is 2.56. The molecule has 3 nitrogen and oxygen atoms in total. The molecular weight excluding hydrogens is 241 g/mol. The van der Waals surface area contributed by atoms with Crippen LogP contribution in [0, 0.1) is 12.7 Å². The average Bonchev–Trinajstić information content (AvgIpc) is 2.70. The van der Waals surface area contributed by atoms with Crippen molar-refractivity contribution in [1.29, 1.82) is 0 Å². The zero-order valence-corrected chi connectivity index (χ0v) is 10.2. The number of nitrogens with zero attached hydrogens (tertiary/aromatic N) is 1. The first-order valence-corrected chi connectivity index (χ1v) is 5.68. The SMILES string of the molecule is Cc1[nH]ncc1CNCc1ccc(Cl)c(F)c1. The Balaban J connectivity index is 1.90. The van der Waals surface area contributed by atoms with Gasteiger partial charge >= 0.3 is 0 Å². The number of halogens is 2. The zero-order chi connectivity index (χ0) is 12.3. The van der Waals surface area contributed by atoms with E-state index in [0.717, 1.165) is 16.8 Å². The number of H-pyrrole nitrogens is 1. The highest BCUT2D eigenvalue weighted by molar-refractivity contribution is 6.30. The number of aromatic amines is 1. The van der Waals surface area contributed by atoms with E-state index in [4.69, 9.17) is 11.6 Å². The molecule has 5 heteroatoms. The predicted octanol–water partition coefficient (Wildman–Crippen LogP) is 2.80. The minimum atomic E-state index is -0.384. The normalized spacial score (nSPS) is 10.8. The van der Waals surface area contributed by atoms with Crippen molar-refractivity contribution in [1.82, 2.24) is 15.5 Å². The maximum absolute atomic E-state index is 13.2. The summed E-state index contributed by atoms with van der Waals surface area (Å²) in [6, 6.07) is 4.81. The van der Waals surface area contributed by atoms with E-state index in [1.165, 1.54) is 6.07 Å². The lowest BCUT2D eigenvalue weighted by atomic mass is 10.2. The Morgan fingerprint density at radius 2 is 2.24 bits per heavy atom. The number of hydrogen-bond donors (Lipinski definition) is 2. The van der Waals surface area contributed by atoms with Crippen LogP contribution >= 0.6 is 11.6 Å². The van der Waals surface area contributed by atoms with Crippen LogP contribution < -0.4 is 5.32 Å². The molecule has 0 fully saturated rings. The van der Waals surface area contributed by atoms with E-state index < -0.39 is 0 Å². The van der Waals surface area contributed by atoms with Crippen molar-refractivity contribution in [3.63, 3.8) is 0 Å². The maximum Gasteiger partial charge on any atom is 0.142 e. The van der Waals surface area contributed by atoms with E-state index >= 15 is 0 Å². The Bertz CT molecular complexity index is 510. The molecular formula is C12H13ClFN3. The van der Waals surface area contributed by atoms with Crippen molar-refractivity contribution < 1.29 is 4.39 Å². The second-order valence-corrected chi connectivity index (χ2v) is 4.28. The van der Waals surface area contributed by atoms with Gasteiger partial charge in [-0.15, -0.1) is 0 Å². The Morgan fingerprint density at radius 1 is 1.41 bits per heavy atom. The number of nitrogens with one attached hydrogen (secondary N) is 2. The third kappa shape index (κ3) is 3.05. The molecule has 1 aromatic heterocycles. The summed E-state index contributed by atoms with van der Waals surface area (Å²) < 4.78 is 13.2.